The van der Waals surface area contributed by atoms with Gasteiger partial charge in [0.25, 0.3) is 0 Å². The first-order chi connectivity index (χ1) is 7.03. The van der Waals surface area contributed by atoms with Crippen molar-refractivity contribution in [3.63, 3.8) is 0 Å². The van der Waals surface area contributed by atoms with Crippen LogP contribution in [-0.4, -0.2) is 37.0 Å². The molecule has 15 heavy (non-hydrogen) atoms. The van der Waals surface area contributed by atoms with Crippen molar-refractivity contribution < 1.29 is 19.0 Å². The van der Waals surface area contributed by atoms with Gasteiger partial charge < -0.3 is 14.2 Å². The predicted molar refractivity (Wildman–Crippen MR) is 51.2 cm³/mol. The molecule has 0 aromatic rings. The normalized spacial score (nSPS) is 51.1. The van der Waals surface area contributed by atoms with Gasteiger partial charge >= 0.3 is 0 Å². The molecule has 4 nitrogen and oxygen atoms in total. The second-order valence-corrected chi connectivity index (χ2v) is 5.11. The van der Waals surface area contributed by atoms with Crippen LogP contribution in [0, 0.1) is 11.8 Å². The van der Waals surface area contributed by atoms with Crippen molar-refractivity contribution in [2.75, 3.05) is 7.11 Å². The van der Waals surface area contributed by atoms with Gasteiger partial charge in [0.2, 0.25) is 0 Å². The molecular weight excluding hydrogens is 196 g/mol. The number of carbonyl (C=O) groups is 1. The molecule has 0 aromatic heterocycles. The van der Waals surface area contributed by atoms with Crippen molar-refractivity contribution in [3.05, 3.63) is 0 Å². The highest BCUT2D eigenvalue weighted by Crippen LogP contribution is 2.51. The van der Waals surface area contributed by atoms with Crippen LogP contribution in [0.2, 0.25) is 0 Å². The first-order valence-electron chi connectivity index (χ1n) is 5.45. The van der Waals surface area contributed by atoms with E-state index < -0.39 is 5.79 Å². The smallest absolute Gasteiger partial charge is 0.163 e. The van der Waals surface area contributed by atoms with Crippen LogP contribution in [0.5, 0.6) is 0 Å². The van der Waals surface area contributed by atoms with Crippen LogP contribution in [-0.2, 0) is 19.0 Å². The van der Waals surface area contributed by atoms with E-state index in [1.54, 1.807) is 7.11 Å². The van der Waals surface area contributed by atoms with Crippen LogP contribution < -0.4 is 0 Å². The summed E-state index contributed by atoms with van der Waals surface area (Å²) in [5.74, 6) is -0.388. The zero-order valence-electron chi connectivity index (χ0n) is 9.23. The lowest BCUT2D eigenvalue weighted by molar-refractivity contribution is -0.163. The van der Waals surface area contributed by atoms with E-state index in [9.17, 15) is 4.79 Å². The standard InChI is InChI=1S/C11H16O4/c1-11(2)14-9-5-4-6(13-3)7(8(5)12)10(9)15-11/h5-7,9-10H,4H2,1-3H3/t5-,6+,7+,9+,10-/m1/s1. The van der Waals surface area contributed by atoms with Crippen molar-refractivity contribution in [1.82, 2.24) is 0 Å². The molecule has 0 aromatic carbocycles. The number of carbonyl (C=O) groups excluding carboxylic acids is 1. The lowest BCUT2D eigenvalue weighted by atomic mass is 9.92. The molecule has 3 aliphatic rings. The Labute approximate surface area is 88.9 Å². The Morgan fingerprint density at radius 2 is 2.00 bits per heavy atom. The Balaban J connectivity index is 1.90. The highest BCUT2D eigenvalue weighted by molar-refractivity contribution is 5.90. The third kappa shape index (κ3) is 1.16. The van der Waals surface area contributed by atoms with Crippen molar-refractivity contribution in [1.29, 1.82) is 0 Å². The summed E-state index contributed by atoms with van der Waals surface area (Å²) < 4.78 is 16.9. The summed E-state index contributed by atoms with van der Waals surface area (Å²) in [5, 5.41) is 0. The molecule has 1 aliphatic heterocycles. The van der Waals surface area contributed by atoms with E-state index >= 15 is 0 Å². The number of rotatable bonds is 1. The summed E-state index contributed by atoms with van der Waals surface area (Å²) >= 11 is 0. The summed E-state index contributed by atoms with van der Waals surface area (Å²) in [7, 11) is 1.66. The largest absolute Gasteiger partial charge is 0.381 e. The van der Waals surface area contributed by atoms with Gasteiger partial charge in [0.05, 0.1) is 18.1 Å². The molecule has 0 radical (unpaired) electrons. The number of hydrogen-bond donors (Lipinski definition) is 0. The summed E-state index contributed by atoms with van der Waals surface area (Å²) in [6, 6.07) is 0. The molecule has 4 heteroatoms. The molecule has 3 fully saturated rings. The topological polar surface area (TPSA) is 44.8 Å². The number of methoxy groups -OCH3 is 1. The number of ketones is 1. The van der Waals surface area contributed by atoms with Crippen LogP contribution in [0.25, 0.3) is 0 Å². The van der Waals surface area contributed by atoms with Crippen LogP contribution in [0.3, 0.4) is 0 Å². The minimum absolute atomic E-state index is 0.00766. The quantitative estimate of drug-likeness (QED) is 0.643. The van der Waals surface area contributed by atoms with E-state index in [0.29, 0.717) is 0 Å². The van der Waals surface area contributed by atoms with E-state index in [1.807, 2.05) is 13.8 Å². The maximum Gasteiger partial charge on any atom is 0.163 e. The highest BCUT2D eigenvalue weighted by atomic mass is 16.8. The molecule has 0 unspecified atom stereocenters. The Kier molecular flexibility index (Phi) is 1.83. The van der Waals surface area contributed by atoms with E-state index in [1.165, 1.54) is 0 Å². The molecule has 2 saturated carbocycles. The fourth-order valence-corrected chi connectivity index (χ4v) is 3.26. The van der Waals surface area contributed by atoms with Crippen LogP contribution in [0.15, 0.2) is 0 Å². The van der Waals surface area contributed by atoms with Gasteiger partial charge in [-0.1, -0.05) is 0 Å². The molecular formula is C11H16O4. The fourth-order valence-electron chi connectivity index (χ4n) is 3.26. The Hall–Kier alpha value is -0.450. The molecule has 0 N–H and O–H groups in total. The summed E-state index contributed by atoms with van der Waals surface area (Å²) in [6.45, 7) is 3.80. The van der Waals surface area contributed by atoms with Gasteiger partial charge in [0, 0.05) is 13.0 Å². The van der Waals surface area contributed by atoms with E-state index in [4.69, 9.17) is 14.2 Å². The molecule has 2 bridgehead atoms. The molecule has 3 rings (SSSR count). The Morgan fingerprint density at radius 3 is 2.67 bits per heavy atom. The zero-order valence-corrected chi connectivity index (χ0v) is 9.23. The summed E-state index contributed by atoms with van der Waals surface area (Å²) in [5.41, 5.74) is 0. The van der Waals surface area contributed by atoms with Gasteiger partial charge in [-0.15, -0.1) is 0 Å². The third-order valence-corrected chi connectivity index (χ3v) is 3.80. The number of fused-ring (bicyclic) bond motifs is 5. The molecule has 1 heterocycles. The molecule has 1 saturated heterocycles. The lowest BCUT2D eigenvalue weighted by Gasteiger charge is -2.26. The van der Waals surface area contributed by atoms with E-state index in [2.05, 4.69) is 0 Å². The number of Topliss-reactive ketones (excluding diaryl/α,β-unsaturated/α-hetero) is 1. The predicted octanol–water partition coefficient (Wildman–Crippen LogP) is 0.740. The van der Waals surface area contributed by atoms with Gasteiger partial charge in [-0.3, -0.25) is 4.79 Å². The van der Waals surface area contributed by atoms with Crippen LogP contribution in [0.1, 0.15) is 20.3 Å². The molecule has 0 spiro atoms. The maximum atomic E-state index is 11.9. The second kappa shape index (κ2) is 2.81. The first kappa shape index (κ1) is 9.75. The first-order valence-corrected chi connectivity index (χ1v) is 5.45. The minimum atomic E-state index is -0.546. The van der Waals surface area contributed by atoms with Gasteiger partial charge in [-0.2, -0.15) is 0 Å². The third-order valence-electron chi connectivity index (χ3n) is 3.80. The average Bonchev–Trinajstić information content (AvgIpc) is 2.70. The van der Waals surface area contributed by atoms with Crippen molar-refractivity contribution in [2.24, 2.45) is 11.8 Å². The fraction of sp³-hybridized carbons (Fsp3) is 0.909. The van der Waals surface area contributed by atoms with Gasteiger partial charge in [0.1, 0.15) is 11.9 Å². The van der Waals surface area contributed by atoms with Crippen molar-refractivity contribution in [2.45, 2.75) is 44.4 Å². The molecule has 5 atom stereocenters. The van der Waals surface area contributed by atoms with Crippen molar-refractivity contribution >= 4 is 5.78 Å². The van der Waals surface area contributed by atoms with Crippen LogP contribution in [0.4, 0.5) is 0 Å². The lowest BCUT2D eigenvalue weighted by Crippen LogP contribution is -2.38. The highest BCUT2D eigenvalue weighted by Gasteiger charge is 2.65. The Morgan fingerprint density at radius 1 is 1.33 bits per heavy atom. The van der Waals surface area contributed by atoms with Gasteiger partial charge in [-0.05, 0) is 20.3 Å². The summed E-state index contributed by atoms with van der Waals surface area (Å²) in [4.78, 5) is 11.9. The van der Waals surface area contributed by atoms with Crippen molar-refractivity contribution in [3.8, 4) is 0 Å². The SMILES string of the molecule is CO[C@H]1C[C@@H]2C(=O)[C@H]1[C@H]1OC(C)(C)O[C@H]12. The Bertz CT molecular complexity index is 312. The second-order valence-electron chi connectivity index (χ2n) is 5.11. The molecule has 0 amide bonds. The number of ether oxygens (including phenoxy) is 3. The minimum Gasteiger partial charge on any atom is -0.381 e. The molecule has 2 aliphatic carbocycles. The molecule has 84 valence electrons. The van der Waals surface area contributed by atoms with Gasteiger partial charge in [-0.25, -0.2) is 0 Å². The van der Waals surface area contributed by atoms with Crippen LogP contribution >= 0.6 is 0 Å². The summed E-state index contributed by atoms with van der Waals surface area (Å²) in [6.07, 6.45) is 0.696. The zero-order chi connectivity index (χ0) is 10.8. The monoisotopic (exact) mass is 212 g/mol. The van der Waals surface area contributed by atoms with E-state index in [-0.39, 0.29) is 35.9 Å². The maximum absolute atomic E-state index is 11.9. The number of hydrogen-bond acceptors (Lipinski definition) is 4. The van der Waals surface area contributed by atoms with E-state index in [0.717, 1.165) is 6.42 Å². The van der Waals surface area contributed by atoms with Gasteiger partial charge in [0.15, 0.2) is 5.79 Å². The average molecular weight is 212 g/mol.